The van der Waals surface area contributed by atoms with E-state index >= 15 is 0 Å². The molecule has 0 fully saturated rings. The van der Waals surface area contributed by atoms with Crippen molar-refractivity contribution < 1.29 is 12.8 Å². The number of primary sulfonamides is 1. The number of hydrogen-bond donors (Lipinski definition) is 1. The fraction of sp³-hybridized carbons (Fsp3) is 0. The summed E-state index contributed by atoms with van der Waals surface area (Å²) < 4.78 is 34.4. The number of sulfonamides is 1. The summed E-state index contributed by atoms with van der Waals surface area (Å²) in [4.78, 5) is -0.303. The predicted molar refractivity (Wildman–Crippen MR) is 50.5 cm³/mol. The lowest BCUT2D eigenvalue weighted by molar-refractivity contribution is 0.596. The molecule has 13 heavy (non-hydrogen) atoms. The molecule has 0 amide bonds. The Morgan fingerprint density at radius 2 is 2.00 bits per heavy atom. The molecule has 3 nitrogen and oxygen atoms in total. The first-order chi connectivity index (χ1) is 5.84. The lowest BCUT2D eigenvalue weighted by Gasteiger charge is -2.03. The maximum absolute atomic E-state index is 12.8. The Hall–Kier alpha value is -0.170. The van der Waals surface area contributed by atoms with Gasteiger partial charge in [0, 0.05) is 0 Å². The second-order valence-electron chi connectivity index (χ2n) is 2.22. The van der Waals surface area contributed by atoms with Crippen molar-refractivity contribution in [3.63, 3.8) is 0 Å². The summed E-state index contributed by atoms with van der Waals surface area (Å²) >= 11 is 8.33. The van der Waals surface area contributed by atoms with Crippen molar-refractivity contribution in [1.29, 1.82) is 0 Å². The predicted octanol–water partition coefficient (Wildman–Crippen LogP) is 1.89. The molecule has 0 heterocycles. The van der Waals surface area contributed by atoms with Crippen molar-refractivity contribution in [2.45, 2.75) is 4.90 Å². The Labute approximate surface area is 87.9 Å². The van der Waals surface area contributed by atoms with Crippen LogP contribution in [0.3, 0.4) is 0 Å². The molecule has 0 radical (unpaired) electrons. The minimum Gasteiger partial charge on any atom is -0.225 e. The highest BCUT2D eigenvalue weighted by Gasteiger charge is 2.17. The Balaban J connectivity index is 3.53. The van der Waals surface area contributed by atoms with Gasteiger partial charge in [0.15, 0.2) is 0 Å². The summed E-state index contributed by atoms with van der Waals surface area (Å²) in [5, 5.41) is 4.57. The summed E-state index contributed by atoms with van der Waals surface area (Å²) in [5.74, 6) is -0.641. The van der Waals surface area contributed by atoms with Crippen molar-refractivity contribution in [1.82, 2.24) is 0 Å². The minimum atomic E-state index is -3.90. The lowest BCUT2D eigenvalue weighted by Crippen LogP contribution is -2.13. The first kappa shape index (κ1) is 10.9. The van der Waals surface area contributed by atoms with Crippen LogP contribution in [-0.4, -0.2) is 8.42 Å². The molecule has 0 unspecified atom stereocenters. The van der Waals surface area contributed by atoms with Crippen molar-refractivity contribution >= 4 is 37.6 Å². The molecule has 0 spiro atoms. The molecule has 1 rings (SSSR count). The summed E-state index contributed by atoms with van der Waals surface area (Å²) in [6.07, 6.45) is 0. The average molecular weight is 289 g/mol. The highest BCUT2D eigenvalue weighted by atomic mass is 79.9. The smallest absolute Gasteiger partial charge is 0.225 e. The van der Waals surface area contributed by atoms with Crippen molar-refractivity contribution in [3.8, 4) is 0 Å². The number of halogens is 3. The number of nitrogens with two attached hydrogens (primary N) is 1. The second kappa shape index (κ2) is 3.53. The number of benzene rings is 1. The molecule has 2 N–H and O–H groups in total. The maximum atomic E-state index is 12.8. The Kier molecular flexibility index (Phi) is 2.96. The number of hydrogen-bond acceptors (Lipinski definition) is 2. The summed E-state index contributed by atoms with van der Waals surface area (Å²) in [6, 6.07) is 1.98. The normalized spacial score (nSPS) is 11.7. The first-order valence-corrected chi connectivity index (χ1v) is 5.72. The van der Waals surface area contributed by atoms with E-state index in [2.05, 4.69) is 15.9 Å². The summed E-state index contributed by atoms with van der Waals surface area (Å²) in [5.41, 5.74) is 0. The van der Waals surface area contributed by atoms with Crippen LogP contribution in [-0.2, 0) is 10.0 Å². The van der Waals surface area contributed by atoms with E-state index < -0.39 is 15.8 Å². The zero-order chi connectivity index (χ0) is 10.2. The van der Waals surface area contributed by atoms with E-state index in [4.69, 9.17) is 16.7 Å². The molecule has 0 atom stereocenters. The van der Waals surface area contributed by atoms with Crippen LogP contribution < -0.4 is 5.14 Å². The molecule has 72 valence electrons. The van der Waals surface area contributed by atoms with Gasteiger partial charge >= 0.3 is 0 Å². The third kappa shape index (κ3) is 2.19. The van der Waals surface area contributed by atoms with Gasteiger partial charge in [0.2, 0.25) is 10.0 Å². The molecule has 0 aliphatic rings. The Morgan fingerprint density at radius 1 is 1.46 bits per heavy atom. The van der Waals surface area contributed by atoms with Gasteiger partial charge in [-0.15, -0.1) is 0 Å². The largest absolute Gasteiger partial charge is 0.239 e. The molecule has 0 aliphatic carbocycles. The van der Waals surface area contributed by atoms with Crippen LogP contribution in [0.1, 0.15) is 0 Å². The molecule has 0 aromatic heterocycles. The van der Waals surface area contributed by atoms with Gasteiger partial charge < -0.3 is 0 Å². The molecular weight excluding hydrogens is 284 g/mol. The zero-order valence-corrected chi connectivity index (χ0v) is 9.25. The van der Waals surface area contributed by atoms with Gasteiger partial charge in [0.25, 0.3) is 0 Å². The summed E-state index contributed by atoms with van der Waals surface area (Å²) in [7, 11) is -3.90. The van der Waals surface area contributed by atoms with Crippen LogP contribution in [0.2, 0.25) is 5.02 Å². The van der Waals surface area contributed by atoms with E-state index in [1.54, 1.807) is 0 Å². The monoisotopic (exact) mass is 287 g/mol. The molecule has 0 aliphatic heterocycles. The lowest BCUT2D eigenvalue weighted by atomic mass is 10.3. The van der Waals surface area contributed by atoms with Crippen LogP contribution in [0, 0.1) is 5.82 Å². The van der Waals surface area contributed by atoms with E-state index in [1.807, 2.05) is 0 Å². The first-order valence-electron chi connectivity index (χ1n) is 3.00. The van der Waals surface area contributed by atoms with E-state index in [1.165, 1.54) is 0 Å². The molecule has 0 saturated carbocycles. The number of rotatable bonds is 1. The molecule has 7 heteroatoms. The van der Waals surface area contributed by atoms with Gasteiger partial charge in [-0.05, 0) is 28.1 Å². The Morgan fingerprint density at radius 3 is 2.46 bits per heavy atom. The molecular formula is C6H4BrClFNO2S. The van der Waals surface area contributed by atoms with Gasteiger partial charge in [0.1, 0.15) is 10.7 Å². The van der Waals surface area contributed by atoms with E-state index in [9.17, 15) is 12.8 Å². The maximum Gasteiger partial charge on any atom is 0.239 e. The highest BCUT2D eigenvalue weighted by molar-refractivity contribution is 9.10. The van der Waals surface area contributed by atoms with Crippen LogP contribution in [0.4, 0.5) is 4.39 Å². The van der Waals surface area contributed by atoms with Crippen LogP contribution in [0.15, 0.2) is 21.5 Å². The molecule has 1 aromatic carbocycles. The fourth-order valence-electron chi connectivity index (χ4n) is 0.728. The standard InChI is InChI=1S/C6H4BrClFNO2S/c7-5-3(9)1-2-4(6(5)8)13(10,11)12/h1-2H,(H2,10,11,12). The molecule has 0 saturated heterocycles. The quantitative estimate of drug-likeness (QED) is 0.802. The third-order valence-electron chi connectivity index (χ3n) is 1.31. The fourth-order valence-corrected chi connectivity index (χ4v) is 2.29. The zero-order valence-electron chi connectivity index (χ0n) is 6.09. The van der Waals surface area contributed by atoms with Gasteiger partial charge in [-0.2, -0.15) is 0 Å². The van der Waals surface area contributed by atoms with Gasteiger partial charge in [-0.25, -0.2) is 17.9 Å². The van der Waals surface area contributed by atoms with Crippen LogP contribution in [0.25, 0.3) is 0 Å². The van der Waals surface area contributed by atoms with E-state index in [0.29, 0.717) is 0 Å². The van der Waals surface area contributed by atoms with Crippen molar-refractivity contribution in [2.75, 3.05) is 0 Å². The van der Waals surface area contributed by atoms with E-state index in [-0.39, 0.29) is 14.4 Å². The summed E-state index contributed by atoms with van der Waals surface area (Å²) in [6.45, 7) is 0. The van der Waals surface area contributed by atoms with Crippen LogP contribution in [0.5, 0.6) is 0 Å². The third-order valence-corrected chi connectivity index (χ3v) is 3.77. The van der Waals surface area contributed by atoms with Gasteiger partial charge in [0.05, 0.1) is 9.50 Å². The van der Waals surface area contributed by atoms with E-state index in [0.717, 1.165) is 12.1 Å². The SMILES string of the molecule is NS(=O)(=O)c1ccc(F)c(Br)c1Cl. The minimum absolute atomic E-state index is 0.110. The average Bonchev–Trinajstić information content (AvgIpc) is 1.98. The van der Waals surface area contributed by atoms with Crippen molar-refractivity contribution in [3.05, 3.63) is 27.4 Å². The molecule has 0 bridgehead atoms. The van der Waals surface area contributed by atoms with Gasteiger partial charge in [-0.1, -0.05) is 11.6 Å². The topological polar surface area (TPSA) is 60.2 Å². The Bertz CT molecular complexity index is 448. The van der Waals surface area contributed by atoms with Crippen molar-refractivity contribution in [2.24, 2.45) is 5.14 Å². The van der Waals surface area contributed by atoms with Crippen LogP contribution >= 0.6 is 27.5 Å². The molecule has 1 aromatic rings. The van der Waals surface area contributed by atoms with Gasteiger partial charge in [-0.3, -0.25) is 0 Å². The highest BCUT2D eigenvalue weighted by Crippen LogP contribution is 2.30. The second-order valence-corrected chi connectivity index (χ2v) is 4.92.